The van der Waals surface area contributed by atoms with Crippen LogP contribution in [0.15, 0.2) is 24.3 Å². The highest BCUT2D eigenvalue weighted by molar-refractivity contribution is 5.24. The second-order valence-corrected chi connectivity index (χ2v) is 5.15. The lowest BCUT2D eigenvalue weighted by molar-refractivity contribution is 0.180. The molecule has 2 atom stereocenters. The average molecular weight is 223 g/mol. The normalized spacial score (nSPS) is 32.8. The zero-order chi connectivity index (χ0) is 11.8. The maximum atomic E-state index is 13.5. The predicted molar refractivity (Wildman–Crippen MR) is 61.4 cm³/mol. The Morgan fingerprint density at radius 3 is 2.62 bits per heavy atom. The third-order valence-corrected chi connectivity index (χ3v) is 4.12. The van der Waals surface area contributed by atoms with Crippen LogP contribution in [0, 0.1) is 16.6 Å². The summed E-state index contributed by atoms with van der Waals surface area (Å²) in [6, 6.07) is 6.81. The molecule has 3 heteroatoms. The van der Waals surface area contributed by atoms with E-state index in [1.165, 1.54) is 6.07 Å². The number of aliphatic hydroxyl groups is 1. The van der Waals surface area contributed by atoms with E-state index in [4.69, 9.17) is 5.73 Å². The van der Waals surface area contributed by atoms with Gasteiger partial charge in [0.25, 0.3) is 0 Å². The van der Waals surface area contributed by atoms with Gasteiger partial charge in [0.05, 0.1) is 6.61 Å². The maximum Gasteiger partial charge on any atom is 0.126 e. The number of hydrogen-bond acceptors (Lipinski definition) is 2. The molecule has 1 aliphatic rings. The van der Waals surface area contributed by atoms with Gasteiger partial charge in [0.15, 0.2) is 0 Å². The van der Waals surface area contributed by atoms with Crippen LogP contribution in [0.25, 0.3) is 0 Å². The van der Waals surface area contributed by atoms with Gasteiger partial charge < -0.3 is 10.8 Å². The first kappa shape index (κ1) is 11.6. The molecule has 0 saturated heterocycles. The van der Waals surface area contributed by atoms with Gasteiger partial charge in [0, 0.05) is 12.0 Å². The Bertz CT molecular complexity index is 389. The molecular formula is C13H18FNO. The first-order valence-corrected chi connectivity index (χ1v) is 5.61. The van der Waals surface area contributed by atoms with Crippen LogP contribution in [0.3, 0.4) is 0 Å². The summed E-state index contributed by atoms with van der Waals surface area (Å²) >= 11 is 0. The van der Waals surface area contributed by atoms with E-state index in [-0.39, 0.29) is 23.3 Å². The van der Waals surface area contributed by atoms with Crippen molar-refractivity contribution in [1.82, 2.24) is 0 Å². The fourth-order valence-electron chi connectivity index (χ4n) is 2.64. The lowest BCUT2D eigenvalue weighted by Gasteiger charge is -2.19. The minimum atomic E-state index is -0.199. The van der Waals surface area contributed by atoms with Gasteiger partial charge in [0.1, 0.15) is 5.82 Å². The van der Waals surface area contributed by atoms with Gasteiger partial charge in [-0.15, -0.1) is 0 Å². The molecule has 1 aromatic rings. The summed E-state index contributed by atoms with van der Waals surface area (Å²) in [5.74, 6) is -0.167. The largest absolute Gasteiger partial charge is 0.396 e. The summed E-state index contributed by atoms with van der Waals surface area (Å²) < 4.78 is 13.5. The van der Waals surface area contributed by atoms with E-state index in [0.717, 1.165) is 6.42 Å². The summed E-state index contributed by atoms with van der Waals surface area (Å²) in [4.78, 5) is 0. The van der Waals surface area contributed by atoms with E-state index >= 15 is 0 Å². The standard InChI is InChI=1S/C13H18FNO/c1-12(7-13(12,8-15)9-16)6-10-4-2-3-5-11(10)14/h2-5,16H,6-9,15H2,1H3. The molecule has 3 N–H and O–H groups in total. The molecule has 1 saturated carbocycles. The molecule has 1 fully saturated rings. The Balaban J connectivity index is 2.16. The lowest BCUT2D eigenvalue weighted by atomic mass is 9.88. The Morgan fingerprint density at radius 1 is 1.44 bits per heavy atom. The number of hydrogen-bond donors (Lipinski definition) is 2. The van der Waals surface area contributed by atoms with Gasteiger partial charge in [-0.25, -0.2) is 4.39 Å². The van der Waals surface area contributed by atoms with Gasteiger partial charge >= 0.3 is 0 Å². The molecule has 0 radical (unpaired) electrons. The molecule has 0 aliphatic heterocycles. The average Bonchev–Trinajstić information content (AvgIpc) is 2.88. The Morgan fingerprint density at radius 2 is 2.12 bits per heavy atom. The summed E-state index contributed by atoms with van der Waals surface area (Å²) in [5, 5.41) is 9.37. The molecule has 0 aromatic heterocycles. The molecule has 2 unspecified atom stereocenters. The number of benzene rings is 1. The molecule has 2 rings (SSSR count). The first-order valence-electron chi connectivity index (χ1n) is 5.61. The summed E-state index contributed by atoms with van der Waals surface area (Å²) in [6.07, 6.45) is 1.53. The van der Waals surface area contributed by atoms with Gasteiger partial charge in [0.2, 0.25) is 0 Å². The third kappa shape index (κ3) is 1.64. The van der Waals surface area contributed by atoms with Gasteiger partial charge in [-0.1, -0.05) is 25.1 Å². The van der Waals surface area contributed by atoms with Crippen LogP contribution in [-0.2, 0) is 6.42 Å². The molecule has 1 aromatic carbocycles. The smallest absolute Gasteiger partial charge is 0.126 e. The SMILES string of the molecule is CC1(Cc2ccccc2F)CC1(CN)CO. The topological polar surface area (TPSA) is 46.2 Å². The molecule has 0 heterocycles. The highest BCUT2D eigenvalue weighted by Crippen LogP contribution is 2.64. The minimum Gasteiger partial charge on any atom is -0.396 e. The van der Waals surface area contributed by atoms with Gasteiger partial charge in [-0.2, -0.15) is 0 Å². The molecular weight excluding hydrogens is 205 g/mol. The zero-order valence-electron chi connectivity index (χ0n) is 9.54. The van der Waals surface area contributed by atoms with E-state index in [9.17, 15) is 9.50 Å². The zero-order valence-corrected chi connectivity index (χ0v) is 9.54. The Kier molecular flexibility index (Phi) is 2.76. The van der Waals surface area contributed by atoms with Crippen molar-refractivity contribution >= 4 is 0 Å². The summed E-state index contributed by atoms with van der Waals surface area (Å²) in [5.41, 5.74) is 6.15. The molecule has 0 amide bonds. The van der Waals surface area contributed by atoms with Crippen molar-refractivity contribution in [1.29, 1.82) is 0 Å². The van der Waals surface area contributed by atoms with Crippen molar-refractivity contribution in [2.45, 2.75) is 19.8 Å². The van der Waals surface area contributed by atoms with E-state index in [0.29, 0.717) is 18.5 Å². The number of halogens is 1. The maximum absolute atomic E-state index is 13.5. The molecule has 2 nitrogen and oxygen atoms in total. The van der Waals surface area contributed by atoms with Crippen molar-refractivity contribution in [2.75, 3.05) is 13.2 Å². The van der Waals surface area contributed by atoms with Crippen molar-refractivity contribution in [2.24, 2.45) is 16.6 Å². The first-order chi connectivity index (χ1) is 7.57. The fraction of sp³-hybridized carbons (Fsp3) is 0.538. The van der Waals surface area contributed by atoms with E-state index in [2.05, 4.69) is 6.92 Å². The van der Waals surface area contributed by atoms with Crippen molar-refractivity contribution in [3.05, 3.63) is 35.6 Å². The monoisotopic (exact) mass is 223 g/mol. The molecule has 16 heavy (non-hydrogen) atoms. The molecule has 88 valence electrons. The van der Waals surface area contributed by atoms with Crippen LogP contribution in [0.1, 0.15) is 18.9 Å². The minimum absolute atomic E-state index is 0.0569. The van der Waals surface area contributed by atoms with Crippen molar-refractivity contribution < 1.29 is 9.50 Å². The number of rotatable bonds is 4. The lowest BCUT2D eigenvalue weighted by Crippen LogP contribution is -2.27. The highest BCUT2D eigenvalue weighted by atomic mass is 19.1. The quantitative estimate of drug-likeness (QED) is 0.816. The van der Waals surface area contributed by atoms with Crippen molar-refractivity contribution in [3.8, 4) is 0 Å². The van der Waals surface area contributed by atoms with Crippen LogP contribution < -0.4 is 5.73 Å². The highest BCUT2D eigenvalue weighted by Gasteiger charge is 2.62. The summed E-state index contributed by atoms with van der Waals surface area (Å²) in [7, 11) is 0. The van der Waals surface area contributed by atoms with Gasteiger partial charge in [-0.05, 0) is 29.9 Å². The molecule has 0 spiro atoms. The van der Waals surface area contributed by atoms with Crippen LogP contribution in [0.2, 0.25) is 0 Å². The molecule has 1 aliphatic carbocycles. The van der Waals surface area contributed by atoms with Crippen LogP contribution in [-0.4, -0.2) is 18.3 Å². The Labute approximate surface area is 95.3 Å². The van der Waals surface area contributed by atoms with Crippen molar-refractivity contribution in [3.63, 3.8) is 0 Å². The molecule has 0 bridgehead atoms. The number of nitrogens with two attached hydrogens (primary N) is 1. The van der Waals surface area contributed by atoms with Crippen LogP contribution in [0.4, 0.5) is 4.39 Å². The van der Waals surface area contributed by atoms with Gasteiger partial charge in [-0.3, -0.25) is 0 Å². The number of aliphatic hydroxyl groups excluding tert-OH is 1. The summed E-state index contributed by atoms with van der Waals surface area (Å²) in [6.45, 7) is 2.63. The second-order valence-electron chi connectivity index (χ2n) is 5.15. The Hall–Kier alpha value is -0.930. The van der Waals surface area contributed by atoms with Crippen LogP contribution >= 0.6 is 0 Å². The third-order valence-electron chi connectivity index (χ3n) is 4.12. The predicted octanol–water partition coefficient (Wildman–Crippen LogP) is 1.72. The van der Waals surface area contributed by atoms with E-state index < -0.39 is 0 Å². The van der Waals surface area contributed by atoms with Crippen LogP contribution in [0.5, 0.6) is 0 Å². The van der Waals surface area contributed by atoms with E-state index in [1.807, 2.05) is 6.07 Å². The van der Waals surface area contributed by atoms with E-state index in [1.54, 1.807) is 12.1 Å². The fourth-order valence-corrected chi connectivity index (χ4v) is 2.64. The second kappa shape index (κ2) is 3.82.